The summed E-state index contributed by atoms with van der Waals surface area (Å²) in [5.74, 6) is 1.02. The van der Waals surface area contributed by atoms with E-state index in [9.17, 15) is 0 Å². The second-order valence-electron chi connectivity index (χ2n) is 6.82. The fourth-order valence-corrected chi connectivity index (χ4v) is 4.11. The number of hydrogen-bond acceptors (Lipinski definition) is 2. The van der Waals surface area contributed by atoms with Crippen LogP contribution in [0, 0.1) is 5.92 Å². The summed E-state index contributed by atoms with van der Waals surface area (Å²) in [6, 6.07) is 0.875. The topological polar surface area (TPSA) is 15.3 Å². The minimum absolute atomic E-state index is 0.387. The van der Waals surface area contributed by atoms with Crippen LogP contribution in [0.25, 0.3) is 0 Å². The zero-order valence-electron chi connectivity index (χ0n) is 13.4. The van der Waals surface area contributed by atoms with E-state index in [1.807, 2.05) is 0 Å². The third-order valence-electron chi connectivity index (χ3n) is 5.89. The van der Waals surface area contributed by atoms with E-state index in [2.05, 4.69) is 31.0 Å². The molecular weight excluding hydrogens is 232 g/mol. The number of nitrogens with zero attached hydrogens (tertiary/aromatic N) is 1. The predicted octanol–water partition coefficient (Wildman–Crippen LogP) is 3.81. The molecule has 112 valence electrons. The van der Waals surface area contributed by atoms with Gasteiger partial charge < -0.3 is 5.32 Å². The first-order chi connectivity index (χ1) is 9.23. The lowest BCUT2D eigenvalue weighted by atomic mass is 9.83. The molecule has 0 aromatic rings. The average Bonchev–Trinajstić information content (AvgIpc) is 2.70. The number of hydrogen-bond donors (Lipinski definition) is 1. The molecule has 2 fully saturated rings. The molecule has 1 heterocycles. The summed E-state index contributed by atoms with van der Waals surface area (Å²) in [5, 5.41) is 3.84. The predicted molar refractivity (Wildman–Crippen MR) is 83.5 cm³/mol. The van der Waals surface area contributed by atoms with Crippen molar-refractivity contribution in [1.29, 1.82) is 0 Å². The van der Waals surface area contributed by atoms with Crippen LogP contribution in [0.1, 0.15) is 72.1 Å². The van der Waals surface area contributed by atoms with Gasteiger partial charge in [0.2, 0.25) is 0 Å². The van der Waals surface area contributed by atoms with Gasteiger partial charge in [-0.2, -0.15) is 0 Å². The Morgan fingerprint density at radius 2 is 1.74 bits per heavy atom. The van der Waals surface area contributed by atoms with Gasteiger partial charge in [-0.15, -0.1) is 0 Å². The molecule has 1 saturated carbocycles. The molecule has 0 unspecified atom stereocenters. The van der Waals surface area contributed by atoms with Gasteiger partial charge in [0, 0.05) is 18.1 Å². The second-order valence-corrected chi connectivity index (χ2v) is 6.82. The zero-order chi connectivity index (χ0) is 13.7. The molecule has 0 atom stereocenters. The van der Waals surface area contributed by atoms with Crippen molar-refractivity contribution >= 4 is 0 Å². The summed E-state index contributed by atoms with van der Waals surface area (Å²) >= 11 is 0. The molecule has 2 rings (SSSR count). The molecule has 2 heteroatoms. The highest BCUT2D eigenvalue weighted by Crippen LogP contribution is 2.31. The van der Waals surface area contributed by atoms with Gasteiger partial charge in [0.25, 0.3) is 0 Å². The largest absolute Gasteiger partial charge is 0.310 e. The van der Waals surface area contributed by atoms with Crippen LogP contribution >= 0.6 is 0 Å². The van der Waals surface area contributed by atoms with Crippen LogP contribution in [-0.2, 0) is 0 Å². The van der Waals surface area contributed by atoms with Crippen molar-refractivity contribution in [1.82, 2.24) is 10.2 Å². The molecule has 2 aliphatic rings. The molecule has 0 aromatic carbocycles. The molecule has 1 aliphatic heterocycles. The Bertz CT molecular complexity index is 252. The zero-order valence-corrected chi connectivity index (χ0v) is 13.4. The molecular formula is C17H34N2. The van der Waals surface area contributed by atoms with Crippen molar-refractivity contribution in [3.63, 3.8) is 0 Å². The van der Waals surface area contributed by atoms with Crippen molar-refractivity contribution in [2.45, 2.75) is 83.7 Å². The van der Waals surface area contributed by atoms with Gasteiger partial charge in [-0.05, 0) is 64.0 Å². The van der Waals surface area contributed by atoms with E-state index in [1.165, 1.54) is 71.0 Å². The van der Waals surface area contributed by atoms with Crippen LogP contribution in [-0.4, -0.2) is 36.1 Å². The second kappa shape index (κ2) is 7.08. The Morgan fingerprint density at radius 3 is 2.32 bits per heavy atom. The number of nitrogens with one attached hydrogen (secondary N) is 1. The van der Waals surface area contributed by atoms with Crippen molar-refractivity contribution in [3.8, 4) is 0 Å². The fourth-order valence-electron chi connectivity index (χ4n) is 4.11. The molecule has 0 radical (unpaired) electrons. The summed E-state index contributed by atoms with van der Waals surface area (Å²) in [7, 11) is 0. The highest BCUT2D eigenvalue weighted by molar-refractivity contribution is 4.93. The van der Waals surface area contributed by atoms with Gasteiger partial charge >= 0.3 is 0 Å². The van der Waals surface area contributed by atoms with Crippen molar-refractivity contribution in [3.05, 3.63) is 0 Å². The van der Waals surface area contributed by atoms with Crippen molar-refractivity contribution in [2.75, 3.05) is 19.6 Å². The normalized spacial score (nSPS) is 33.0. The highest BCUT2D eigenvalue weighted by atomic mass is 15.2. The van der Waals surface area contributed by atoms with Crippen LogP contribution in [0.5, 0.6) is 0 Å². The standard InChI is InChI=1S/C17H34N2/c1-4-15-8-10-16(11-9-15)19-13-7-12-18-17(5-2,6-3)14-19/h15-16,18H,4-14H2,1-3H3. The van der Waals surface area contributed by atoms with E-state index < -0.39 is 0 Å². The van der Waals surface area contributed by atoms with E-state index >= 15 is 0 Å². The Kier molecular flexibility index (Phi) is 5.70. The third-order valence-corrected chi connectivity index (χ3v) is 5.89. The van der Waals surface area contributed by atoms with Crippen LogP contribution in [0.3, 0.4) is 0 Å². The molecule has 1 saturated heterocycles. The first-order valence-corrected chi connectivity index (χ1v) is 8.72. The highest BCUT2D eigenvalue weighted by Gasteiger charge is 2.34. The minimum atomic E-state index is 0.387. The average molecular weight is 266 g/mol. The van der Waals surface area contributed by atoms with Crippen LogP contribution in [0.15, 0.2) is 0 Å². The smallest absolute Gasteiger partial charge is 0.0303 e. The van der Waals surface area contributed by atoms with Crippen molar-refractivity contribution < 1.29 is 0 Å². The van der Waals surface area contributed by atoms with Crippen LogP contribution < -0.4 is 5.32 Å². The maximum Gasteiger partial charge on any atom is 0.0303 e. The van der Waals surface area contributed by atoms with Gasteiger partial charge in [-0.25, -0.2) is 0 Å². The minimum Gasteiger partial charge on any atom is -0.310 e. The van der Waals surface area contributed by atoms with E-state index in [4.69, 9.17) is 0 Å². The monoisotopic (exact) mass is 266 g/mol. The first kappa shape index (κ1) is 15.3. The Morgan fingerprint density at radius 1 is 1.05 bits per heavy atom. The maximum atomic E-state index is 3.84. The molecule has 1 N–H and O–H groups in total. The fraction of sp³-hybridized carbons (Fsp3) is 1.00. The first-order valence-electron chi connectivity index (χ1n) is 8.72. The molecule has 1 aliphatic carbocycles. The maximum absolute atomic E-state index is 3.84. The molecule has 19 heavy (non-hydrogen) atoms. The quantitative estimate of drug-likeness (QED) is 0.832. The molecule has 0 spiro atoms. The lowest BCUT2D eigenvalue weighted by molar-refractivity contribution is 0.107. The summed E-state index contributed by atoms with van der Waals surface area (Å²) in [6.45, 7) is 10.9. The Balaban J connectivity index is 1.95. The summed E-state index contributed by atoms with van der Waals surface area (Å²) in [6.07, 6.45) is 11.1. The van der Waals surface area contributed by atoms with E-state index in [0.29, 0.717) is 5.54 Å². The van der Waals surface area contributed by atoms with E-state index in [1.54, 1.807) is 0 Å². The lowest BCUT2D eigenvalue weighted by Crippen LogP contribution is -2.53. The summed E-state index contributed by atoms with van der Waals surface area (Å²) in [5.41, 5.74) is 0.387. The van der Waals surface area contributed by atoms with E-state index in [-0.39, 0.29) is 0 Å². The molecule has 0 amide bonds. The van der Waals surface area contributed by atoms with Gasteiger partial charge in [-0.3, -0.25) is 4.90 Å². The third kappa shape index (κ3) is 3.72. The summed E-state index contributed by atoms with van der Waals surface area (Å²) in [4.78, 5) is 2.83. The lowest BCUT2D eigenvalue weighted by Gasteiger charge is -2.41. The Labute approximate surface area is 120 Å². The van der Waals surface area contributed by atoms with Gasteiger partial charge in [0.1, 0.15) is 0 Å². The molecule has 0 bridgehead atoms. The SMILES string of the molecule is CCC1CCC(N2CCCNC(CC)(CC)C2)CC1. The Hall–Kier alpha value is -0.0800. The van der Waals surface area contributed by atoms with Crippen molar-refractivity contribution in [2.24, 2.45) is 5.92 Å². The van der Waals surface area contributed by atoms with E-state index in [0.717, 1.165) is 12.0 Å². The van der Waals surface area contributed by atoms with Gasteiger partial charge in [0.05, 0.1) is 0 Å². The summed E-state index contributed by atoms with van der Waals surface area (Å²) < 4.78 is 0. The molecule has 2 nitrogen and oxygen atoms in total. The number of rotatable bonds is 4. The van der Waals surface area contributed by atoms with Crippen LogP contribution in [0.2, 0.25) is 0 Å². The van der Waals surface area contributed by atoms with Crippen LogP contribution in [0.4, 0.5) is 0 Å². The van der Waals surface area contributed by atoms with Gasteiger partial charge in [0.15, 0.2) is 0 Å². The van der Waals surface area contributed by atoms with Gasteiger partial charge in [-0.1, -0.05) is 27.2 Å². The molecule has 0 aromatic heterocycles.